The van der Waals surface area contributed by atoms with Crippen LogP contribution in [-0.4, -0.2) is 17.1 Å². The predicted octanol–water partition coefficient (Wildman–Crippen LogP) is 3.19. The number of aliphatic carboxylic acids is 1. The third-order valence-electron chi connectivity index (χ3n) is 3.90. The Morgan fingerprint density at radius 2 is 2.28 bits per heavy atom. The van der Waals surface area contributed by atoms with E-state index in [2.05, 4.69) is 17.5 Å². The van der Waals surface area contributed by atoms with Crippen molar-refractivity contribution in [2.24, 2.45) is 5.92 Å². The predicted molar refractivity (Wildman–Crippen MR) is 71.2 cm³/mol. The Morgan fingerprint density at radius 3 is 3.00 bits per heavy atom. The number of rotatable bonds is 1. The van der Waals surface area contributed by atoms with E-state index in [1.165, 1.54) is 0 Å². The van der Waals surface area contributed by atoms with E-state index >= 15 is 0 Å². The summed E-state index contributed by atoms with van der Waals surface area (Å²) in [6.45, 7) is 1.95. The number of allylic oxidation sites excluding steroid dienone is 2. The average molecular weight is 264 g/mol. The monoisotopic (exact) mass is 263 g/mol. The van der Waals surface area contributed by atoms with Gasteiger partial charge in [0.1, 0.15) is 6.04 Å². The maximum atomic E-state index is 11.4. The topological polar surface area (TPSA) is 49.3 Å². The number of anilines is 1. The van der Waals surface area contributed by atoms with Gasteiger partial charge in [-0.15, -0.1) is 0 Å². The maximum absolute atomic E-state index is 11.4. The van der Waals surface area contributed by atoms with Crippen molar-refractivity contribution in [3.63, 3.8) is 0 Å². The van der Waals surface area contributed by atoms with Crippen LogP contribution in [0.15, 0.2) is 24.3 Å². The van der Waals surface area contributed by atoms with Gasteiger partial charge in [-0.2, -0.15) is 0 Å². The summed E-state index contributed by atoms with van der Waals surface area (Å²) in [6, 6.07) is 3.30. The van der Waals surface area contributed by atoms with Crippen LogP contribution in [0.4, 0.5) is 5.69 Å². The molecule has 1 aromatic rings. The molecule has 3 nitrogen and oxygen atoms in total. The molecule has 2 aliphatic rings. The Bertz CT molecular complexity index is 553. The van der Waals surface area contributed by atoms with Crippen LogP contribution in [-0.2, 0) is 4.79 Å². The molecule has 0 unspecified atom stereocenters. The Balaban J connectivity index is 2.14. The number of fused-ring (bicyclic) bond motifs is 3. The number of nitrogens with one attached hydrogen (secondary N) is 1. The molecule has 1 heterocycles. The number of carboxylic acids is 1. The highest BCUT2D eigenvalue weighted by Gasteiger charge is 2.41. The zero-order valence-electron chi connectivity index (χ0n) is 9.98. The van der Waals surface area contributed by atoms with Crippen molar-refractivity contribution in [3.8, 4) is 0 Å². The summed E-state index contributed by atoms with van der Waals surface area (Å²) in [6.07, 6.45) is 4.98. The molecule has 1 aliphatic carbocycles. The summed E-state index contributed by atoms with van der Waals surface area (Å²) < 4.78 is 0. The van der Waals surface area contributed by atoms with E-state index in [4.69, 9.17) is 11.6 Å². The molecule has 1 aromatic carbocycles. The van der Waals surface area contributed by atoms with Gasteiger partial charge < -0.3 is 10.4 Å². The van der Waals surface area contributed by atoms with E-state index in [9.17, 15) is 9.90 Å². The quantitative estimate of drug-likeness (QED) is 0.765. The minimum Gasteiger partial charge on any atom is -0.480 e. The van der Waals surface area contributed by atoms with Gasteiger partial charge in [-0.05, 0) is 36.6 Å². The summed E-state index contributed by atoms with van der Waals surface area (Å²) in [5.74, 6) is -0.527. The number of hydrogen-bond donors (Lipinski definition) is 2. The standard InChI is InChI=1S/C14H14ClNO2/c1-7-5-8(15)6-11-9-3-2-4-10(9)13(14(17)18)16-12(7)11/h2-3,5-6,9-10,13,16H,4H2,1H3,(H,17,18)/t9-,10+,13+/m1/s1. The van der Waals surface area contributed by atoms with Crippen molar-refractivity contribution in [3.05, 3.63) is 40.4 Å². The fraction of sp³-hybridized carbons (Fsp3) is 0.357. The minimum absolute atomic E-state index is 0.0906. The van der Waals surface area contributed by atoms with Crippen LogP contribution in [0.3, 0.4) is 0 Å². The van der Waals surface area contributed by atoms with Gasteiger partial charge in [-0.25, -0.2) is 4.79 Å². The molecule has 1 aliphatic heterocycles. The molecule has 0 spiro atoms. The van der Waals surface area contributed by atoms with Crippen LogP contribution in [0.2, 0.25) is 5.02 Å². The molecule has 2 N–H and O–H groups in total. The van der Waals surface area contributed by atoms with Crippen molar-refractivity contribution < 1.29 is 9.90 Å². The first-order chi connectivity index (χ1) is 8.58. The zero-order chi connectivity index (χ0) is 12.9. The molecule has 4 heteroatoms. The maximum Gasteiger partial charge on any atom is 0.326 e. The smallest absolute Gasteiger partial charge is 0.326 e. The third kappa shape index (κ3) is 1.62. The van der Waals surface area contributed by atoms with Gasteiger partial charge in [0.15, 0.2) is 0 Å². The highest BCUT2D eigenvalue weighted by molar-refractivity contribution is 6.30. The summed E-state index contributed by atoms with van der Waals surface area (Å²) >= 11 is 6.10. The molecule has 0 fully saturated rings. The van der Waals surface area contributed by atoms with Crippen molar-refractivity contribution >= 4 is 23.3 Å². The SMILES string of the molecule is Cc1cc(Cl)cc2c1N[C@H](C(=O)O)[C@H]1CC=C[C@@H]21. The Kier molecular flexibility index (Phi) is 2.59. The lowest BCUT2D eigenvalue weighted by Crippen LogP contribution is -2.42. The third-order valence-corrected chi connectivity index (χ3v) is 4.12. The van der Waals surface area contributed by atoms with E-state index in [1.807, 2.05) is 19.1 Å². The Morgan fingerprint density at radius 1 is 1.50 bits per heavy atom. The van der Waals surface area contributed by atoms with Crippen LogP contribution in [0.25, 0.3) is 0 Å². The number of benzene rings is 1. The molecule has 3 rings (SSSR count). The molecule has 0 aromatic heterocycles. The van der Waals surface area contributed by atoms with E-state index in [1.54, 1.807) is 0 Å². The van der Waals surface area contributed by atoms with Gasteiger partial charge in [-0.3, -0.25) is 0 Å². The van der Waals surface area contributed by atoms with Crippen LogP contribution in [0, 0.1) is 12.8 Å². The summed E-state index contributed by atoms with van der Waals surface area (Å²) in [5, 5.41) is 13.2. The van der Waals surface area contributed by atoms with Gasteiger partial charge in [0.05, 0.1) is 0 Å². The molecule has 0 saturated heterocycles. The van der Waals surface area contributed by atoms with Crippen LogP contribution < -0.4 is 5.32 Å². The first-order valence-corrected chi connectivity index (χ1v) is 6.42. The van der Waals surface area contributed by atoms with E-state index in [0.29, 0.717) is 5.02 Å². The lowest BCUT2D eigenvalue weighted by molar-refractivity contribution is -0.139. The van der Waals surface area contributed by atoms with Gasteiger partial charge >= 0.3 is 5.97 Å². The minimum atomic E-state index is -0.784. The Hall–Kier alpha value is -1.48. The molecule has 0 saturated carbocycles. The number of aryl methyl sites for hydroxylation is 1. The van der Waals surface area contributed by atoms with Gasteiger partial charge in [0.2, 0.25) is 0 Å². The van der Waals surface area contributed by atoms with Crippen molar-refractivity contribution in [2.45, 2.75) is 25.3 Å². The molecule has 3 atom stereocenters. The average Bonchev–Trinajstić information content (AvgIpc) is 2.76. The van der Waals surface area contributed by atoms with E-state index < -0.39 is 12.0 Å². The summed E-state index contributed by atoms with van der Waals surface area (Å²) in [7, 11) is 0. The van der Waals surface area contributed by atoms with Crippen LogP contribution in [0.1, 0.15) is 23.5 Å². The highest BCUT2D eigenvalue weighted by atomic mass is 35.5. The normalized spacial score (nSPS) is 28.4. The van der Waals surface area contributed by atoms with E-state index in [0.717, 1.165) is 23.2 Å². The highest BCUT2D eigenvalue weighted by Crippen LogP contribution is 2.46. The first kappa shape index (κ1) is 11.6. The van der Waals surface area contributed by atoms with Crippen LogP contribution in [0.5, 0.6) is 0 Å². The van der Waals surface area contributed by atoms with Gasteiger partial charge in [0.25, 0.3) is 0 Å². The second-order valence-corrected chi connectivity index (χ2v) is 5.44. The molecular weight excluding hydrogens is 250 g/mol. The van der Waals surface area contributed by atoms with E-state index in [-0.39, 0.29) is 11.8 Å². The zero-order valence-corrected chi connectivity index (χ0v) is 10.7. The molecule has 0 bridgehead atoms. The lowest BCUT2D eigenvalue weighted by atomic mass is 9.78. The fourth-order valence-electron chi connectivity index (χ4n) is 3.09. The lowest BCUT2D eigenvalue weighted by Gasteiger charge is -2.35. The van der Waals surface area contributed by atoms with Crippen LogP contribution >= 0.6 is 11.6 Å². The number of carboxylic acid groups (broad SMARTS) is 1. The molecule has 18 heavy (non-hydrogen) atoms. The van der Waals surface area contributed by atoms with Gasteiger partial charge in [-0.1, -0.05) is 23.8 Å². The van der Waals surface area contributed by atoms with Gasteiger partial charge in [0, 0.05) is 22.5 Å². The fourth-order valence-corrected chi connectivity index (χ4v) is 3.37. The Labute approximate surface area is 110 Å². The molecule has 0 amide bonds. The molecular formula is C14H14ClNO2. The number of carbonyl (C=O) groups is 1. The van der Waals surface area contributed by atoms with Crippen molar-refractivity contribution in [1.29, 1.82) is 0 Å². The number of halogens is 1. The number of hydrogen-bond acceptors (Lipinski definition) is 2. The second kappa shape index (κ2) is 4.02. The summed E-state index contributed by atoms with van der Waals surface area (Å²) in [4.78, 5) is 11.4. The largest absolute Gasteiger partial charge is 0.480 e. The first-order valence-electron chi connectivity index (χ1n) is 6.04. The van der Waals surface area contributed by atoms with Crippen molar-refractivity contribution in [2.75, 3.05) is 5.32 Å². The van der Waals surface area contributed by atoms with Crippen molar-refractivity contribution in [1.82, 2.24) is 0 Å². The molecule has 94 valence electrons. The summed E-state index contributed by atoms with van der Waals surface area (Å²) in [5.41, 5.74) is 3.05. The second-order valence-electron chi connectivity index (χ2n) is 5.00. The molecule has 0 radical (unpaired) electrons.